The van der Waals surface area contributed by atoms with Crippen LogP contribution in [0, 0.1) is 11.8 Å². The second-order valence-corrected chi connectivity index (χ2v) is 12.2. The number of ether oxygens (including phenoxy) is 2. The zero-order valence-electron chi connectivity index (χ0n) is 25.9. The predicted octanol–water partition coefficient (Wildman–Crippen LogP) is 3.25. The number of aliphatic hydroxyl groups is 1. The minimum Gasteiger partial charge on any atom is -0.494 e. The van der Waals surface area contributed by atoms with Gasteiger partial charge in [0.1, 0.15) is 29.6 Å². The maximum absolute atomic E-state index is 14.4. The van der Waals surface area contributed by atoms with Gasteiger partial charge in [-0.2, -0.15) is 0 Å². The summed E-state index contributed by atoms with van der Waals surface area (Å²) in [6.45, 7) is 4.99. The molecule has 2 unspecified atom stereocenters. The highest BCUT2D eigenvalue weighted by atomic mass is 16.5. The van der Waals surface area contributed by atoms with Crippen LogP contribution in [-0.4, -0.2) is 79.7 Å². The maximum Gasteiger partial charge on any atom is 0.247 e. The average molecular weight is 619 g/mol. The summed E-state index contributed by atoms with van der Waals surface area (Å²) in [5, 5.41) is 23.6. The Kier molecular flexibility index (Phi) is 8.78. The van der Waals surface area contributed by atoms with E-state index < -0.39 is 29.1 Å². The Bertz CT molecular complexity index is 1540. The van der Waals surface area contributed by atoms with Crippen molar-refractivity contribution in [3.05, 3.63) is 48.5 Å². The average Bonchev–Trinajstić information content (AvgIpc) is 3.78. The molecule has 0 saturated carbocycles. The second-order valence-electron chi connectivity index (χ2n) is 12.2. The van der Waals surface area contributed by atoms with Crippen molar-refractivity contribution in [3.8, 4) is 5.75 Å². The molecule has 1 spiro atoms. The quantitative estimate of drug-likeness (QED) is 0.233. The van der Waals surface area contributed by atoms with Gasteiger partial charge in [-0.25, -0.2) is 4.68 Å². The van der Waals surface area contributed by atoms with Gasteiger partial charge in [-0.05, 0) is 75.4 Å². The molecular formula is C33H42N6O6. The number of para-hydroxylation sites is 1. The molecule has 3 N–H and O–H groups in total. The van der Waals surface area contributed by atoms with E-state index in [1.807, 2.05) is 38.1 Å². The van der Waals surface area contributed by atoms with E-state index >= 15 is 0 Å². The lowest BCUT2D eigenvalue weighted by atomic mass is 9.65. The molecule has 3 aromatic rings. The van der Waals surface area contributed by atoms with Crippen molar-refractivity contribution in [2.24, 2.45) is 11.8 Å². The fraction of sp³-hybridized carbons (Fsp3) is 0.545. The van der Waals surface area contributed by atoms with Gasteiger partial charge in [0.2, 0.25) is 17.7 Å². The van der Waals surface area contributed by atoms with E-state index in [0.717, 1.165) is 23.9 Å². The minimum absolute atomic E-state index is 0.0791. The highest BCUT2D eigenvalue weighted by molar-refractivity contribution is 6.02. The van der Waals surface area contributed by atoms with Crippen molar-refractivity contribution in [3.63, 3.8) is 0 Å². The molecule has 3 saturated heterocycles. The van der Waals surface area contributed by atoms with E-state index in [4.69, 9.17) is 9.47 Å². The molecule has 2 bridgehead atoms. The summed E-state index contributed by atoms with van der Waals surface area (Å²) in [5.74, 6) is -1.65. The zero-order valence-corrected chi connectivity index (χ0v) is 25.9. The Morgan fingerprint density at radius 1 is 1.04 bits per heavy atom. The summed E-state index contributed by atoms with van der Waals surface area (Å²) < 4.78 is 14.0. The maximum atomic E-state index is 14.4. The SMILES string of the molecule is CCOc1ccc(NC(=O)[C@H]2[C@H]3C(=O)N(CCCCCCO)C(C(=O)NCn4nnc5ccccc54)C34CC[C@]2(CC)O4)cc1. The van der Waals surface area contributed by atoms with E-state index in [9.17, 15) is 19.5 Å². The highest BCUT2D eigenvalue weighted by Crippen LogP contribution is 2.64. The summed E-state index contributed by atoms with van der Waals surface area (Å²) in [4.78, 5) is 44.2. The van der Waals surface area contributed by atoms with Crippen molar-refractivity contribution >= 4 is 34.4 Å². The summed E-state index contributed by atoms with van der Waals surface area (Å²) >= 11 is 0. The number of fused-ring (bicyclic) bond motifs is 2. The van der Waals surface area contributed by atoms with Crippen LogP contribution >= 0.6 is 0 Å². The number of amides is 3. The number of carbonyl (C=O) groups excluding carboxylic acids is 3. The number of aliphatic hydroxyl groups excluding tert-OH is 1. The van der Waals surface area contributed by atoms with Crippen molar-refractivity contribution in [1.29, 1.82) is 0 Å². The molecule has 6 rings (SSSR count). The molecule has 3 amide bonds. The Hall–Kier alpha value is -4.03. The number of hydrogen-bond donors (Lipinski definition) is 3. The number of rotatable bonds is 14. The molecule has 45 heavy (non-hydrogen) atoms. The van der Waals surface area contributed by atoms with Crippen LogP contribution in [0.5, 0.6) is 5.75 Å². The number of anilines is 1. The van der Waals surface area contributed by atoms with Crippen molar-refractivity contribution in [2.75, 3.05) is 25.1 Å². The van der Waals surface area contributed by atoms with Crippen LogP contribution in [0.3, 0.4) is 0 Å². The van der Waals surface area contributed by atoms with Gasteiger partial charge >= 0.3 is 0 Å². The Labute approximate surface area is 262 Å². The molecule has 5 atom stereocenters. The first kappa shape index (κ1) is 31.0. The standard InChI is InChI=1S/C33H42N6O6/c1-3-32-17-18-33(45-32)27(26(32)29(41)35-22-13-15-23(16-14-22)44-4-2)31(43)38(19-9-5-6-10-20-40)28(33)30(42)34-21-39-25-12-8-7-11-24(25)36-37-39/h7-8,11-16,26-28,40H,3-6,9-10,17-21H2,1-2H3,(H,34,42)(H,35,41)/t26-,27+,28?,32+,33?/m1/s1. The summed E-state index contributed by atoms with van der Waals surface area (Å²) in [6, 6.07) is 13.8. The second kappa shape index (κ2) is 12.8. The van der Waals surface area contributed by atoms with Crippen LogP contribution in [0.25, 0.3) is 11.0 Å². The van der Waals surface area contributed by atoms with Crippen LogP contribution < -0.4 is 15.4 Å². The third-order valence-corrected chi connectivity index (χ3v) is 9.77. The van der Waals surface area contributed by atoms with Crippen LogP contribution in [0.15, 0.2) is 48.5 Å². The smallest absolute Gasteiger partial charge is 0.247 e. The molecule has 3 aliphatic rings. The topological polar surface area (TPSA) is 148 Å². The lowest BCUT2D eigenvalue weighted by molar-refractivity contribution is -0.146. The van der Waals surface area contributed by atoms with E-state index in [1.54, 1.807) is 33.8 Å². The molecule has 1 aromatic heterocycles. The number of nitrogens with zero attached hydrogens (tertiary/aromatic N) is 4. The molecule has 2 aromatic carbocycles. The predicted molar refractivity (Wildman–Crippen MR) is 166 cm³/mol. The fourth-order valence-electron chi connectivity index (χ4n) is 7.71. The van der Waals surface area contributed by atoms with Gasteiger partial charge in [-0.3, -0.25) is 14.4 Å². The number of nitrogens with one attached hydrogen (secondary N) is 2. The van der Waals surface area contributed by atoms with E-state index in [0.29, 0.717) is 56.7 Å². The van der Waals surface area contributed by atoms with Crippen LogP contribution in [0.4, 0.5) is 5.69 Å². The normalized spacial score (nSPS) is 26.8. The molecule has 4 heterocycles. The van der Waals surface area contributed by atoms with Crippen molar-refractivity contribution in [2.45, 2.75) is 82.7 Å². The first-order valence-electron chi connectivity index (χ1n) is 16.1. The number of aromatic nitrogens is 3. The van der Waals surface area contributed by atoms with E-state index in [1.165, 1.54) is 0 Å². The van der Waals surface area contributed by atoms with Crippen LogP contribution in [0.2, 0.25) is 0 Å². The molecule has 3 fully saturated rings. The Balaban J connectivity index is 1.27. The summed E-state index contributed by atoms with van der Waals surface area (Å²) in [6.07, 6.45) is 4.63. The molecule has 12 heteroatoms. The first-order valence-corrected chi connectivity index (χ1v) is 16.1. The van der Waals surface area contributed by atoms with Crippen molar-refractivity contribution in [1.82, 2.24) is 25.2 Å². The summed E-state index contributed by atoms with van der Waals surface area (Å²) in [7, 11) is 0. The molecule has 3 aliphatic heterocycles. The summed E-state index contributed by atoms with van der Waals surface area (Å²) in [5.41, 5.74) is 0.144. The number of likely N-dealkylation sites (tertiary alicyclic amines) is 1. The Morgan fingerprint density at radius 2 is 1.82 bits per heavy atom. The highest BCUT2D eigenvalue weighted by Gasteiger charge is 2.78. The van der Waals surface area contributed by atoms with Gasteiger partial charge in [-0.15, -0.1) is 5.10 Å². The molecule has 0 aliphatic carbocycles. The minimum atomic E-state index is -1.12. The van der Waals surface area contributed by atoms with Gasteiger partial charge in [0, 0.05) is 18.8 Å². The molecular weight excluding hydrogens is 576 g/mol. The third kappa shape index (κ3) is 5.43. The van der Waals surface area contributed by atoms with E-state index in [2.05, 4.69) is 20.9 Å². The van der Waals surface area contributed by atoms with Gasteiger partial charge in [-0.1, -0.05) is 37.1 Å². The van der Waals surface area contributed by atoms with E-state index in [-0.39, 0.29) is 31.0 Å². The van der Waals surface area contributed by atoms with Crippen LogP contribution in [0.1, 0.15) is 58.8 Å². The zero-order chi connectivity index (χ0) is 31.6. The number of hydrogen-bond acceptors (Lipinski definition) is 8. The Morgan fingerprint density at radius 3 is 2.58 bits per heavy atom. The third-order valence-electron chi connectivity index (χ3n) is 9.77. The van der Waals surface area contributed by atoms with Gasteiger partial charge in [0.25, 0.3) is 0 Å². The van der Waals surface area contributed by atoms with Gasteiger partial charge in [0.05, 0.1) is 29.6 Å². The lowest BCUT2D eigenvalue weighted by Crippen LogP contribution is -2.55. The van der Waals surface area contributed by atoms with Gasteiger partial charge in [0.15, 0.2) is 0 Å². The van der Waals surface area contributed by atoms with Crippen LogP contribution in [-0.2, 0) is 25.8 Å². The van der Waals surface area contributed by atoms with Crippen molar-refractivity contribution < 1.29 is 29.0 Å². The number of unbranched alkanes of at least 4 members (excludes halogenated alkanes) is 3. The molecule has 240 valence electrons. The van der Waals surface area contributed by atoms with Gasteiger partial charge < -0.3 is 30.1 Å². The lowest BCUT2D eigenvalue weighted by Gasteiger charge is -2.34. The molecule has 0 radical (unpaired) electrons. The largest absolute Gasteiger partial charge is 0.494 e. The number of benzene rings is 2. The first-order chi connectivity index (χ1) is 21.9. The monoisotopic (exact) mass is 618 g/mol. The number of carbonyl (C=O) groups is 3. The molecule has 12 nitrogen and oxygen atoms in total. The fourth-order valence-corrected chi connectivity index (χ4v) is 7.71.